The van der Waals surface area contributed by atoms with E-state index < -0.39 is 0 Å². The van der Waals surface area contributed by atoms with Gasteiger partial charge in [-0.1, -0.05) is 47.5 Å². The van der Waals surface area contributed by atoms with E-state index in [1.165, 1.54) is 11.1 Å². The van der Waals surface area contributed by atoms with Crippen molar-refractivity contribution in [2.45, 2.75) is 18.9 Å². The molecule has 1 amide bonds. The van der Waals surface area contributed by atoms with Gasteiger partial charge in [-0.15, -0.1) is 0 Å². The minimum atomic E-state index is -0.0945. The number of rotatable bonds is 2. The number of halogens is 2. The van der Waals surface area contributed by atoms with Crippen LogP contribution in [0.25, 0.3) is 0 Å². The molecule has 1 atom stereocenters. The van der Waals surface area contributed by atoms with Gasteiger partial charge in [0.2, 0.25) is 0 Å². The zero-order chi connectivity index (χ0) is 15.0. The van der Waals surface area contributed by atoms with Gasteiger partial charge in [-0.05, 0) is 36.1 Å². The third kappa shape index (κ3) is 2.76. The van der Waals surface area contributed by atoms with E-state index in [0.29, 0.717) is 5.56 Å². The molecule has 0 radical (unpaired) electrons. The molecule has 1 unspecified atom stereocenters. The van der Waals surface area contributed by atoms with Crippen molar-refractivity contribution in [1.29, 1.82) is 0 Å². The molecule has 0 fully saturated rings. The number of hydrogen-bond acceptors (Lipinski definition) is 2. The number of benzene rings is 1. The Morgan fingerprint density at radius 2 is 1.90 bits per heavy atom. The van der Waals surface area contributed by atoms with Gasteiger partial charge < -0.3 is 4.90 Å². The zero-order valence-corrected chi connectivity index (χ0v) is 13.0. The van der Waals surface area contributed by atoms with E-state index >= 15 is 0 Å². The normalized spacial score (nSPS) is 16.6. The van der Waals surface area contributed by atoms with E-state index in [2.05, 4.69) is 17.1 Å². The minimum Gasteiger partial charge on any atom is -0.335 e. The van der Waals surface area contributed by atoms with E-state index in [1.54, 1.807) is 17.0 Å². The molecule has 0 saturated heterocycles. The van der Waals surface area contributed by atoms with Crippen molar-refractivity contribution < 1.29 is 4.79 Å². The molecule has 0 saturated carbocycles. The quantitative estimate of drug-likeness (QED) is 0.779. The molecule has 108 valence electrons. The molecule has 0 spiro atoms. The van der Waals surface area contributed by atoms with Gasteiger partial charge in [-0.25, -0.2) is 4.98 Å². The number of carbonyl (C=O) groups is 1. The highest BCUT2D eigenvalue weighted by atomic mass is 35.5. The molecular weight excluding hydrogens is 307 g/mol. The molecule has 3 nitrogen and oxygen atoms in total. The maximum absolute atomic E-state index is 12.6. The van der Waals surface area contributed by atoms with Crippen molar-refractivity contribution in [1.82, 2.24) is 9.88 Å². The Hall–Kier alpha value is -1.58. The lowest BCUT2D eigenvalue weighted by atomic mass is 10.1. The molecule has 0 N–H and O–H groups in total. The molecule has 1 aliphatic carbocycles. The fraction of sp³-hybridized carbons (Fsp3) is 0.250. The van der Waals surface area contributed by atoms with Crippen LogP contribution in [0.1, 0.15) is 33.9 Å². The van der Waals surface area contributed by atoms with Gasteiger partial charge in [-0.3, -0.25) is 4.79 Å². The van der Waals surface area contributed by atoms with Crippen LogP contribution in [-0.4, -0.2) is 22.8 Å². The number of pyridine rings is 1. The van der Waals surface area contributed by atoms with Crippen LogP contribution >= 0.6 is 23.2 Å². The first-order valence-corrected chi connectivity index (χ1v) is 7.50. The molecular formula is C16H14Cl2N2O. The second-order valence-corrected chi connectivity index (χ2v) is 5.95. The third-order valence-corrected chi connectivity index (χ3v) is 4.29. The Morgan fingerprint density at radius 1 is 1.24 bits per heavy atom. The van der Waals surface area contributed by atoms with Crippen LogP contribution < -0.4 is 0 Å². The summed E-state index contributed by atoms with van der Waals surface area (Å²) in [5, 5.41) is 0.456. The Bertz CT molecular complexity index is 682. The topological polar surface area (TPSA) is 33.2 Å². The van der Waals surface area contributed by atoms with Gasteiger partial charge in [0, 0.05) is 12.6 Å². The number of hydrogen-bond donors (Lipinski definition) is 0. The van der Waals surface area contributed by atoms with E-state index in [9.17, 15) is 4.79 Å². The fourth-order valence-corrected chi connectivity index (χ4v) is 3.33. The van der Waals surface area contributed by atoms with E-state index in [1.807, 2.05) is 19.2 Å². The summed E-state index contributed by atoms with van der Waals surface area (Å²) in [7, 11) is 1.82. The van der Waals surface area contributed by atoms with Crippen LogP contribution in [0, 0.1) is 0 Å². The van der Waals surface area contributed by atoms with Crippen LogP contribution in [-0.2, 0) is 6.42 Å². The van der Waals surface area contributed by atoms with Crippen molar-refractivity contribution in [3.63, 3.8) is 0 Å². The van der Waals surface area contributed by atoms with E-state index in [0.717, 1.165) is 12.8 Å². The predicted octanol–water partition coefficient (Wildman–Crippen LogP) is 4.15. The molecule has 2 aromatic rings. The van der Waals surface area contributed by atoms with E-state index in [4.69, 9.17) is 23.2 Å². The standard InChI is InChI=1S/C16H14Cl2N2O/c1-20(13-7-6-10-4-2-3-5-12(10)13)16(21)11-8-14(17)19-15(18)9-11/h2-5,8-9,13H,6-7H2,1H3. The average Bonchev–Trinajstić information content (AvgIpc) is 2.88. The first-order chi connectivity index (χ1) is 10.1. The highest BCUT2D eigenvalue weighted by Gasteiger charge is 2.29. The molecule has 1 aliphatic rings. The average molecular weight is 321 g/mol. The van der Waals surface area contributed by atoms with Gasteiger partial charge >= 0.3 is 0 Å². The summed E-state index contributed by atoms with van der Waals surface area (Å²) < 4.78 is 0. The highest BCUT2D eigenvalue weighted by Crippen LogP contribution is 2.35. The lowest BCUT2D eigenvalue weighted by Crippen LogP contribution is -2.30. The molecule has 3 rings (SSSR count). The number of nitrogens with zero attached hydrogens (tertiary/aromatic N) is 2. The Labute approximate surface area is 133 Å². The third-order valence-electron chi connectivity index (χ3n) is 3.90. The van der Waals surface area contributed by atoms with Crippen LogP contribution in [0.2, 0.25) is 10.3 Å². The Morgan fingerprint density at radius 3 is 2.62 bits per heavy atom. The number of carbonyl (C=O) groups excluding carboxylic acids is 1. The first kappa shape index (κ1) is 14.4. The van der Waals surface area contributed by atoms with Crippen LogP contribution in [0.5, 0.6) is 0 Å². The number of aromatic nitrogens is 1. The largest absolute Gasteiger partial charge is 0.335 e. The zero-order valence-electron chi connectivity index (χ0n) is 11.5. The SMILES string of the molecule is CN(C(=O)c1cc(Cl)nc(Cl)c1)C1CCc2ccccc21. The Balaban J connectivity index is 1.89. The summed E-state index contributed by atoms with van der Waals surface area (Å²) >= 11 is 11.7. The van der Waals surface area contributed by atoms with E-state index in [-0.39, 0.29) is 22.3 Å². The lowest BCUT2D eigenvalue weighted by Gasteiger charge is -2.25. The summed E-state index contributed by atoms with van der Waals surface area (Å²) in [6, 6.07) is 11.4. The number of amides is 1. The molecule has 5 heteroatoms. The van der Waals surface area contributed by atoms with Crippen LogP contribution in [0.3, 0.4) is 0 Å². The molecule has 0 bridgehead atoms. The van der Waals surface area contributed by atoms with Gasteiger partial charge in [0.15, 0.2) is 0 Å². The molecule has 0 aliphatic heterocycles. The highest BCUT2D eigenvalue weighted by molar-refractivity contribution is 6.33. The van der Waals surface area contributed by atoms with Crippen molar-refractivity contribution in [3.05, 3.63) is 63.4 Å². The number of fused-ring (bicyclic) bond motifs is 1. The Kier molecular flexibility index (Phi) is 3.87. The van der Waals surface area contributed by atoms with Crippen molar-refractivity contribution in [3.8, 4) is 0 Å². The van der Waals surface area contributed by atoms with Gasteiger partial charge in [0.05, 0.1) is 6.04 Å². The lowest BCUT2D eigenvalue weighted by molar-refractivity contribution is 0.0730. The van der Waals surface area contributed by atoms with Crippen LogP contribution in [0.15, 0.2) is 36.4 Å². The summed E-state index contributed by atoms with van der Waals surface area (Å²) in [4.78, 5) is 18.3. The molecule has 1 heterocycles. The number of aryl methyl sites for hydroxylation is 1. The predicted molar refractivity (Wildman–Crippen MR) is 83.9 cm³/mol. The van der Waals surface area contributed by atoms with Gasteiger partial charge in [0.25, 0.3) is 5.91 Å². The second kappa shape index (κ2) is 5.66. The smallest absolute Gasteiger partial charge is 0.254 e. The first-order valence-electron chi connectivity index (χ1n) is 6.74. The monoisotopic (exact) mass is 320 g/mol. The van der Waals surface area contributed by atoms with Gasteiger partial charge in [0.1, 0.15) is 10.3 Å². The summed E-state index contributed by atoms with van der Waals surface area (Å²) in [5.41, 5.74) is 3.00. The maximum Gasteiger partial charge on any atom is 0.254 e. The van der Waals surface area contributed by atoms with Crippen LogP contribution in [0.4, 0.5) is 0 Å². The molecule has 1 aromatic carbocycles. The second-order valence-electron chi connectivity index (χ2n) is 5.17. The fourth-order valence-electron chi connectivity index (χ4n) is 2.87. The minimum absolute atomic E-state index is 0.0945. The molecule has 21 heavy (non-hydrogen) atoms. The van der Waals surface area contributed by atoms with Crippen molar-refractivity contribution >= 4 is 29.1 Å². The van der Waals surface area contributed by atoms with Crippen molar-refractivity contribution in [2.24, 2.45) is 0 Å². The summed E-state index contributed by atoms with van der Waals surface area (Å²) in [5.74, 6) is -0.0945. The maximum atomic E-state index is 12.6. The summed E-state index contributed by atoms with van der Waals surface area (Å²) in [6.45, 7) is 0. The van der Waals surface area contributed by atoms with Gasteiger partial charge in [-0.2, -0.15) is 0 Å². The summed E-state index contributed by atoms with van der Waals surface area (Å²) in [6.07, 6.45) is 1.93. The molecule has 1 aromatic heterocycles. The van der Waals surface area contributed by atoms with Crippen molar-refractivity contribution in [2.75, 3.05) is 7.05 Å².